The van der Waals surface area contributed by atoms with Crippen LogP contribution in [0.4, 0.5) is 0 Å². The van der Waals surface area contributed by atoms with Crippen molar-refractivity contribution < 1.29 is 9.47 Å². The molecule has 0 amide bonds. The lowest BCUT2D eigenvalue weighted by molar-refractivity contribution is 0.00446. The van der Waals surface area contributed by atoms with Crippen molar-refractivity contribution in [2.24, 2.45) is 0 Å². The molecule has 88 valence electrons. The zero-order valence-corrected chi connectivity index (χ0v) is 9.52. The van der Waals surface area contributed by atoms with E-state index in [2.05, 4.69) is 17.4 Å². The Morgan fingerprint density at radius 2 is 1.94 bits per heavy atom. The van der Waals surface area contributed by atoms with Crippen LogP contribution in [-0.2, 0) is 16.1 Å². The second-order valence-electron chi connectivity index (χ2n) is 4.04. The molecule has 1 aliphatic heterocycles. The van der Waals surface area contributed by atoms with E-state index in [0.29, 0.717) is 12.7 Å². The summed E-state index contributed by atoms with van der Waals surface area (Å²) < 4.78 is 11.1. The van der Waals surface area contributed by atoms with E-state index in [0.717, 1.165) is 32.7 Å². The Bertz CT molecular complexity index is 285. The van der Waals surface area contributed by atoms with Crippen LogP contribution in [0, 0.1) is 0 Å². The Hall–Kier alpha value is -0.900. The van der Waals surface area contributed by atoms with Crippen molar-refractivity contribution in [3.8, 4) is 0 Å². The highest BCUT2D eigenvalue weighted by Gasteiger charge is 2.15. The second kappa shape index (κ2) is 6.63. The van der Waals surface area contributed by atoms with Crippen LogP contribution in [0.1, 0.15) is 12.0 Å². The van der Waals surface area contributed by atoms with Crippen molar-refractivity contribution >= 4 is 0 Å². The average Bonchev–Trinajstić information content (AvgIpc) is 2.27. The maximum Gasteiger partial charge on any atom is 0.0823 e. The highest BCUT2D eigenvalue weighted by Crippen LogP contribution is 2.02. The maximum atomic E-state index is 5.59. The largest absolute Gasteiger partial charge is 0.377 e. The minimum Gasteiger partial charge on any atom is -0.377 e. The number of benzene rings is 1. The van der Waals surface area contributed by atoms with E-state index in [-0.39, 0.29) is 0 Å². The Balaban J connectivity index is 1.45. The third-order valence-corrected chi connectivity index (χ3v) is 2.64. The van der Waals surface area contributed by atoms with Crippen LogP contribution in [-0.4, -0.2) is 32.4 Å². The molecule has 0 spiro atoms. The molecule has 3 heteroatoms. The molecular formula is C13H19NO2. The lowest BCUT2D eigenvalue weighted by Crippen LogP contribution is -2.48. The average molecular weight is 221 g/mol. The molecule has 1 fully saturated rings. The first-order chi connectivity index (χ1) is 7.95. The van der Waals surface area contributed by atoms with Crippen LogP contribution < -0.4 is 5.32 Å². The summed E-state index contributed by atoms with van der Waals surface area (Å²) in [5.74, 6) is 0. The molecule has 1 heterocycles. The Morgan fingerprint density at radius 3 is 2.62 bits per heavy atom. The Kier molecular flexibility index (Phi) is 4.80. The van der Waals surface area contributed by atoms with Gasteiger partial charge in [0.15, 0.2) is 0 Å². The first kappa shape index (κ1) is 11.6. The summed E-state index contributed by atoms with van der Waals surface area (Å²) in [5, 5.41) is 3.18. The number of hydrogen-bond acceptors (Lipinski definition) is 3. The topological polar surface area (TPSA) is 30.5 Å². The van der Waals surface area contributed by atoms with E-state index in [9.17, 15) is 0 Å². The van der Waals surface area contributed by atoms with Gasteiger partial charge in [-0.1, -0.05) is 30.3 Å². The highest BCUT2D eigenvalue weighted by atomic mass is 16.5. The molecule has 0 saturated carbocycles. The Labute approximate surface area is 96.8 Å². The molecule has 1 N–H and O–H groups in total. The van der Waals surface area contributed by atoms with E-state index >= 15 is 0 Å². The molecule has 1 aromatic carbocycles. The van der Waals surface area contributed by atoms with Gasteiger partial charge in [-0.15, -0.1) is 0 Å². The molecular weight excluding hydrogens is 202 g/mol. The van der Waals surface area contributed by atoms with Crippen LogP contribution >= 0.6 is 0 Å². The van der Waals surface area contributed by atoms with E-state index in [1.54, 1.807) is 0 Å². The molecule has 1 saturated heterocycles. The van der Waals surface area contributed by atoms with Gasteiger partial charge < -0.3 is 14.8 Å². The fourth-order valence-electron chi connectivity index (χ4n) is 1.56. The predicted octanol–water partition coefficient (Wildman–Crippen LogP) is 1.58. The minimum absolute atomic E-state index is 0.439. The maximum absolute atomic E-state index is 5.59. The molecule has 0 bridgehead atoms. The second-order valence-corrected chi connectivity index (χ2v) is 4.04. The van der Waals surface area contributed by atoms with Gasteiger partial charge in [0.05, 0.1) is 12.7 Å². The fraction of sp³-hybridized carbons (Fsp3) is 0.538. The van der Waals surface area contributed by atoms with Gasteiger partial charge in [-0.3, -0.25) is 0 Å². The predicted molar refractivity (Wildman–Crippen MR) is 63.3 cm³/mol. The molecule has 2 rings (SSSR count). The fourth-order valence-corrected chi connectivity index (χ4v) is 1.56. The van der Waals surface area contributed by atoms with Gasteiger partial charge in [0.25, 0.3) is 0 Å². The lowest BCUT2D eigenvalue weighted by atomic mass is 10.2. The molecule has 0 unspecified atom stereocenters. The minimum atomic E-state index is 0.439. The zero-order chi connectivity index (χ0) is 11.1. The number of ether oxygens (including phenoxy) is 2. The van der Waals surface area contributed by atoms with Gasteiger partial charge in [-0.2, -0.15) is 0 Å². The van der Waals surface area contributed by atoms with Crippen LogP contribution in [0.25, 0.3) is 0 Å². The van der Waals surface area contributed by atoms with Crippen molar-refractivity contribution in [2.75, 3.05) is 26.3 Å². The van der Waals surface area contributed by atoms with Crippen molar-refractivity contribution in [1.82, 2.24) is 5.32 Å². The van der Waals surface area contributed by atoms with E-state index in [4.69, 9.17) is 9.47 Å². The summed E-state index contributed by atoms with van der Waals surface area (Å²) in [6.45, 7) is 4.29. The Morgan fingerprint density at radius 1 is 1.12 bits per heavy atom. The molecule has 1 aliphatic rings. The van der Waals surface area contributed by atoms with Gasteiger partial charge in [-0.05, 0) is 12.0 Å². The quantitative estimate of drug-likeness (QED) is 0.709. The summed E-state index contributed by atoms with van der Waals surface area (Å²) in [7, 11) is 0. The summed E-state index contributed by atoms with van der Waals surface area (Å²) in [4.78, 5) is 0. The van der Waals surface area contributed by atoms with Gasteiger partial charge in [-0.25, -0.2) is 0 Å². The first-order valence-corrected chi connectivity index (χ1v) is 5.89. The summed E-state index contributed by atoms with van der Waals surface area (Å²) in [5.41, 5.74) is 1.23. The van der Waals surface area contributed by atoms with Crippen LogP contribution in [0.2, 0.25) is 0 Å². The SMILES string of the molecule is c1ccc(COCCCOC2CNC2)cc1. The van der Waals surface area contributed by atoms with Crippen LogP contribution in [0.3, 0.4) is 0 Å². The van der Waals surface area contributed by atoms with E-state index in [1.807, 2.05) is 18.2 Å². The highest BCUT2D eigenvalue weighted by molar-refractivity contribution is 5.13. The number of nitrogens with one attached hydrogen (secondary N) is 1. The zero-order valence-electron chi connectivity index (χ0n) is 9.52. The third kappa shape index (κ3) is 3.93. The van der Waals surface area contributed by atoms with Crippen molar-refractivity contribution in [3.63, 3.8) is 0 Å². The van der Waals surface area contributed by atoms with E-state index in [1.165, 1.54) is 5.56 Å². The number of hydrogen-bond donors (Lipinski definition) is 1. The molecule has 0 atom stereocenters. The van der Waals surface area contributed by atoms with Crippen molar-refractivity contribution in [2.45, 2.75) is 19.1 Å². The summed E-state index contributed by atoms with van der Waals surface area (Å²) in [6.07, 6.45) is 1.41. The molecule has 0 aliphatic carbocycles. The molecule has 16 heavy (non-hydrogen) atoms. The molecule has 0 radical (unpaired) electrons. The van der Waals surface area contributed by atoms with Crippen molar-refractivity contribution in [1.29, 1.82) is 0 Å². The normalized spacial score (nSPS) is 16.0. The van der Waals surface area contributed by atoms with Crippen molar-refractivity contribution in [3.05, 3.63) is 35.9 Å². The monoisotopic (exact) mass is 221 g/mol. The molecule has 1 aromatic rings. The van der Waals surface area contributed by atoms with E-state index < -0.39 is 0 Å². The third-order valence-electron chi connectivity index (χ3n) is 2.64. The summed E-state index contributed by atoms with van der Waals surface area (Å²) >= 11 is 0. The lowest BCUT2D eigenvalue weighted by Gasteiger charge is -2.27. The first-order valence-electron chi connectivity index (χ1n) is 5.89. The van der Waals surface area contributed by atoms with Gasteiger partial charge >= 0.3 is 0 Å². The van der Waals surface area contributed by atoms with Gasteiger partial charge in [0, 0.05) is 26.3 Å². The van der Waals surface area contributed by atoms with Crippen LogP contribution in [0.15, 0.2) is 30.3 Å². The van der Waals surface area contributed by atoms with Gasteiger partial charge in [0.1, 0.15) is 0 Å². The van der Waals surface area contributed by atoms with Gasteiger partial charge in [0.2, 0.25) is 0 Å². The summed E-state index contributed by atoms with van der Waals surface area (Å²) in [6, 6.07) is 10.2. The standard InChI is InChI=1S/C13H19NO2/c1-2-5-12(6-3-1)11-15-7-4-8-16-13-9-14-10-13/h1-3,5-6,13-14H,4,7-11H2. The van der Waals surface area contributed by atoms with Crippen LogP contribution in [0.5, 0.6) is 0 Å². The number of rotatable bonds is 7. The molecule has 3 nitrogen and oxygen atoms in total. The smallest absolute Gasteiger partial charge is 0.0823 e. The molecule has 0 aromatic heterocycles.